The summed E-state index contributed by atoms with van der Waals surface area (Å²) in [5.41, 5.74) is 2.77. The summed E-state index contributed by atoms with van der Waals surface area (Å²) in [4.78, 5) is 9.58. The molecule has 0 amide bonds. The second kappa shape index (κ2) is 10.0. The summed E-state index contributed by atoms with van der Waals surface area (Å²) in [7, 11) is 1.96. The Hall–Kier alpha value is -3.72. The van der Waals surface area contributed by atoms with Gasteiger partial charge in [0.1, 0.15) is 11.9 Å². The number of hydrogen-bond acceptors (Lipinski definition) is 5. The lowest BCUT2D eigenvalue weighted by Crippen LogP contribution is -2.16. The monoisotopic (exact) mass is 483 g/mol. The van der Waals surface area contributed by atoms with E-state index in [9.17, 15) is 18.3 Å². The Labute approximate surface area is 199 Å². The number of rotatable bonds is 7. The van der Waals surface area contributed by atoms with Crippen molar-refractivity contribution < 1.29 is 23.3 Å². The van der Waals surface area contributed by atoms with Crippen molar-refractivity contribution in [2.75, 3.05) is 16.7 Å². The van der Waals surface area contributed by atoms with Crippen molar-refractivity contribution in [1.29, 1.82) is 0 Å². The molecule has 0 saturated heterocycles. The Balaban J connectivity index is 1.49. The van der Waals surface area contributed by atoms with Crippen LogP contribution in [0.2, 0.25) is 0 Å². The lowest BCUT2D eigenvalue weighted by molar-refractivity contribution is -0.360. The van der Waals surface area contributed by atoms with Gasteiger partial charge in [-0.2, -0.15) is 13.2 Å². The number of alkyl halides is 3. The van der Waals surface area contributed by atoms with Crippen LogP contribution < -0.4 is 14.6 Å². The summed E-state index contributed by atoms with van der Waals surface area (Å²) >= 11 is 0.880. The van der Waals surface area contributed by atoms with Crippen molar-refractivity contribution in [3.63, 3.8) is 0 Å². The highest BCUT2D eigenvalue weighted by atomic mass is 32.2. The second-order valence-corrected chi connectivity index (χ2v) is 8.43. The van der Waals surface area contributed by atoms with Gasteiger partial charge in [-0.25, -0.2) is 14.7 Å². The first-order valence-corrected chi connectivity index (χ1v) is 11.2. The van der Waals surface area contributed by atoms with Gasteiger partial charge in [0.15, 0.2) is 5.69 Å². The zero-order valence-corrected chi connectivity index (χ0v) is 19.0. The normalized spacial score (nSPS) is 11.3. The van der Waals surface area contributed by atoms with E-state index < -0.39 is 11.7 Å². The Morgan fingerprint density at radius 1 is 1.00 bits per heavy atom. The highest BCUT2D eigenvalue weighted by molar-refractivity contribution is 8.00. The van der Waals surface area contributed by atoms with Gasteiger partial charge in [0, 0.05) is 24.8 Å². The largest absolute Gasteiger partial charge is 0.508 e. The summed E-state index contributed by atoms with van der Waals surface area (Å²) in [6.45, 7) is 0.661. The van der Waals surface area contributed by atoms with Crippen molar-refractivity contribution in [1.82, 2.24) is 4.98 Å². The van der Waals surface area contributed by atoms with Crippen molar-refractivity contribution in [3.05, 3.63) is 96.3 Å². The first-order chi connectivity index (χ1) is 16.3. The molecule has 174 valence electrons. The Bertz CT molecular complexity index is 1250. The zero-order chi connectivity index (χ0) is 24.1. The molecule has 4 aromatic rings. The van der Waals surface area contributed by atoms with E-state index in [1.54, 1.807) is 30.6 Å². The van der Waals surface area contributed by atoms with Crippen LogP contribution >= 0.6 is 11.9 Å². The van der Waals surface area contributed by atoms with E-state index in [-0.39, 0.29) is 10.6 Å². The van der Waals surface area contributed by atoms with E-state index in [0.29, 0.717) is 18.1 Å². The lowest BCUT2D eigenvalue weighted by Gasteiger charge is -2.19. The molecule has 5 nitrogen and oxygen atoms in total. The average molecular weight is 484 g/mol. The SMILES string of the molecule is CN(Cc1ccc(-c2ncc[nH+]c2NSc2ccccc2C(F)(F)F)cc1)c1ccc(O)cc1. The minimum Gasteiger partial charge on any atom is -0.508 e. The van der Waals surface area contributed by atoms with Gasteiger partial charge in [0.2, 0.25) is 0 Å². The summed E-state index contributed by atoms with van der Waals surface area (Å²) < 4.78 is 42.9. The number of phenols is 1. The molecule has 1 aromatic heterocycles. The molecule has 0 spiro atoms. The van der Waals surface area contributed by atoms with Crippen LogP contribution in [0.4, 0.5) is 24.7 Å². The number of nitrogens with zero attached hydrogens (tertiary/aromatic N) is 2. The Morgan fingerprint density at radius 2 is 1.71 bits per heavy atom. The third-order valence-corrected chi connectivity index (χ3v) is 6.02. The molecule has 0 fully saturated rings. The molecule has 0 aliphatic carbocycles. The maximum Gasteiger partial charge on any atom is 0.417 e. The second-order valence-electron chi connectivity index (χ2n) is 7.58. The molecular formula is C25H22F3N4OS+. The van der Waals surface area contributed by atoms with Crippen LogP contribution in [0, 0.1) is 0 Å². The van der Waals surface area contributed by atoms with Gasteiger partial charge >= 0.3 is 12.0 Å². The molecule has 3 aromatic carbocycles. The molecule has 34 heavy (non-hydrogen) atoms. The van der Waals surface area contributed by atoms with Gasteiger partial charge in [-0.3, -0.25) is 0 Å². The quantitative estimate of drug-likeness (QED) is 0.314. The fourth-order valence-electron chi connectivity index (χ4n) is 3.40. The van der Waals surface area contributed by atoms with Gasteiger partial charge < -0.3 is 10.0 Å². The number of aromatic amines is 1. The van der Waals surface area contributed by atoms with E-state index in [2.05, 4.69) is 19.6 Å². The molecule has 0 atom stereocenters. The molecule has 0 aliphatic rings. The summed E-state index contributed by atoms with van der Waals surface area (Å²) in [6.07, 6.45) is -1.22. The molecule has 0 radical (unpaired) electrons. The van der Waals surface area contributed by atoms with Crippen molar-refractivity contribution >= 4 is 23.5 Å². The molecule has 0 unspecified atom stereocenters. The lowest BCUT2D eigenvalue weighted by atomic mass is 10.1. The maximum atomic E-state index is 13.3. The van der Waals surface area contributed by atoms with Gasteiger partial charge in [0.25, 0.3) is 0 Å². The van der Waals surface area contributed by atoms with Crippen LogP contribution in [0.25, 0.3) is 11.3 Å². The number of nitrogens with one attached hydrogen (secondary N) is 2. The van der Waals surface area contributed by atoms with Crippen molar-refractivity contribution in [2.45, 2.75) is 17.6 Å². The number of H-pyrrole nitrogens is 1. The molecule has 0 aliphatic heterocycles. The Kier molecular flexibility index (Phi) is 6.93. The van der Waals surface area contributed by atoms with Crippen molar-refractivity contribution in [3.8, 4) is 17.0 Å². The Morgan fingerprint density at radius 3 is 2.41 bits per heavy atom. The standard InChI is InChI=1S/C25H21F3N4OS/c1-32(19-10-12-20(33)13-11-19)16-17-6-8-18(9-7-17)23-24(30-15-14-29-23)31-34-22-5-3-2-4-21(22)25(26,27)28/h2-15,33H,16H2,1H3,(H,30,31)/p+1. The number of benzene rings is 3. The fraction of sp³-hybridized carbons (Fsp3) is 0.120. The number of hydrogen-bond donors (Lipinski definition) is 2. The van der Waals surface area contributed by atoms with E-state index in [1.807, 2.05) is 43.4 Å². The number of anilines is 2. The molecule has 0 bridgehead atoms. The minimum atomic E-state index is -4.43. The number of aromatic hydroxyl groups is 1. The molecule has 3 N–H and O–H groups in total. The summed E-state index contributed by atoms with van der Waals surface area (Å²) in [5.74, 6) is 0.719. The van der Waals surface area contributed by atoms with Gasteiger partial charge in [-0.05, 0) is 42.0 Å². The molecule has 1 heterocycles. The van der Waals surface area contributed by atoms with Crippen LogP contribution in [-0.2, 0) is 12.7 Å². The van der Waals surface area contributed by atoms with Crippen LogP contribution in [0.3, 0.4) is 0 Å². The smallest absolute Gasteiger partial charge is 0.417 e. The summed E-state index contributed by atoms with van der Waals surface area (Å²) in [6, 6.07) is 20.2. The van der Waals surface area contributed by atoms with Crippen LogP contribution in [0.1, 0.15) is 11.1 Å². The molecule has 4 rings (SSSR count). The minimum absolute atomic E-state index is 0.0748. The van der Waals surface area contributed by atoms with Gasteiger partial charge in [0.05, 0.1) is 28.6 Å². The van der Waals surface area contributed by atoms with Gasteiger partial charge in [-0.15, -0.1) is 0 Å². The number of aromatic nitrogens is 2. The average Bonchev–Trinajstić information content (AvgIpc) is 2.83. The van der Waals surface area contributed by atoms with Crippen molar-refractivity contribution in [2.24, 2.45) is 0 Å². The predicted molar refractivity (Wildman–Crippen MR) is 127 cm³/mol. The van der Waals surface area contributed by atoms with Gasteiger partial charge in [-0.1, -0.05) is 36.4 Å². The van der Waals surface area contributed by atoms with E-state index in [4.69, 9.17) is 0 Å². The highest BCUT2D eigenvalue weighted by Gasteiger charge is 2.34. The zero-order valence-electron chi connectivity index (χ0n) is 18.2. The fourth-order valence-corrected chi connectivity index (χ4v) is 4.21. The van der Waals surface area contributed by atoms with Crippen LogP contribution in [-0.4, -0.2) is 17.1 Å². The number of phenolic OH excluding ortho intramolecular Hbond substituents is 1. The first-order valence-electron chi connectivity index (χ1n) is 10.4. The first kappa shape index (κ1) is 23.4. The topological polar surface area (TPSA) is 62.5 Å². The van der Waals surface area contributed by atoms with E-state index in [1.165, 1.54) is 12.1 Å². The number of halogens is 3. The van der Waals surface area contributed by atoms with Crippen LogP contribution in [0.5, 0.6) is 5.75 Å². The molecular weight excluding hydrogens is 461 g/mol. The maximum absolute atomic E-state index is 13.3. The summed E-state index contributed by atoms with van der Waals surface area (Å²) in [5, 5.41) is 9.46. The third kappa shape index (κ3) is 5.60. The highest BCUT2D eigenvalue weighted by Crippen LogP contribution is 2.37. The van der Waals surface area contributed by atoms with E-state index >= 15 is 0 Å². The van der Waals surface area contributed by atoms with Crippen LogP contribution in [0.15, 0.2) is 90.1 Å². The molecule has 0 saturated carbocycles. The predicted octanol–water partition coefficient (Wildman–Crippen LogP) is 6.04. The third-order valence-electron chi connectivity index (χ3n) is 5.14. The van der Waals surface area contributed by atoms with E-state index in [0.717, 1.165) is 34.8 Å². The molecule has 9 heteroatoms.